The van der Waals surface area contributed by atoms with E-state index in [1.807, 2.05) is 39.4 Å². The summed E-state index contributed by atoms with van der Waals surface area (Å²) < 4.78 is 13.8. The van der Waals surface area contributed by atoms with Crippen LogP contribution in [0.1, 0.15) is 127 Å². The van der Waals surface area contributed by atoms with Crippen LogP contribution in [-0.4, -0.2) is 60.1 Å². The molecular formula is C38H55BrN2O4S2. The Kier molecular flexibility index (Phi) is 16.2. The first-order valence-corrected chi connectivity index (χ1v) is 20.6. The zero-order valence-electron chi connectivity index (χ0n) is 29.0. The second-order valence-electron chi connectivity index (χ2n) is 12.8. The number of carbonyl (C=O) groups is 2. The van der Waals surface area contributed by atoms with Crippen molar-refractivity contribution in [1.29, 1.82) is 0 Å². The highest BCUT2D eigenvalue weighted by Crippen LogP contribution is 2.49. The van der Waals surface area contributed by atoms with Gasteiger partial charge in [0, 0.05) is 13.2 Å². The van der Waals surface area contributed by atoms with Crippen LogP contribution in [0.25, 0.3) is 11.4 Å². The molecule has 4 heterocycles. The number of rotatable bonds is 24. The molecule has 2 aromatic rings. The van der Waals surface area contributed by atoms with Gasteiger partial charge in [0.15, 0.2) is 0 Å². The van der Waals surface area contributed by atoms with Gasteiger partial charge in [0.05, 0.1) is 61.4 Å². The minimum Gasteiger partial charge on any atom is -0.376 e. The zero-order valence-corrected chi connectivity index (χ0v) is 32.2. The van der Waals surface area contributed by atoms with Crippen LogP contribution in [-0.2, 0) is 19.1 Å². The molecule has 2 unspecified atom stereocenters. The third-order valence-electron chi connectivity index (χ3n) is 8.98. The summed E-state index contributed by atoms with van der Waals surface area (Å²) in [4.78, 5) is 35.0. The Morgan fingerprint density at radius 2 is 1.17 bits per heavy atom. The van der Waals surface area contributed by atoms with Gasteiger partial charge in [0.2, 0.25) is 0 Å². The minimum absolute atomic E-state index is 0.0812. The van der Waals surface area contributed by atoms with E-state index in [-0.39, 0.29) is 24.0 Å². The molecule has 0 aromatic carbocycles. The van der Waals surface area contributed by atoms with Crippen molar-refractivity contribution in [3.8, 4) is 0 Å². The minimum atomic E-state index is -0.0946. The fourth-order valence-corrected chi connectivity index (χ4v) is 8.59. The molecule has 2 aromatic heterocycles. The Balaban J connectivity index is 1.73. The fraction of sp³-hybridized carbons (Fsp3) is 0.632. The van der Waals surface area contributed by atoms with Crippen molar-refractivity contribution in [3.63, 3.8) is 0 Å². The first-order chi connectivity index (χ1) is 22.9. The first-order valence-electron chi connectivity index (χ1n) is 18.1. The Bertz CT molecular complexity index is 1330. The van der Waals surface area contributed by atoms with Gasteiger partial charge in [-0.15, -0.1) is 22.7 Å². The number of hydrogen-bond acceptors (Lipinski definition) is 6. The predicted octanol–water partition coefficient (Wildman–Crippen LogP) is 10.7. The molecule has 47 heavy (non-hydrogen) atoms. The number of carbonyl (C=O) groups excluding carboxylic acids is 2. The molecule has 2 amide bonds. The lowest BCUT2D eigenvalue weighted by atomic mass is 10.1. The summed E-state index contributed by atoms with van der Waals surface area (Å²) in [6, 6.07) is 8.06. The lowest BCUT2D eigenvalue weighted by molar-refractivity contribution is -0.125. The van der Waals surface area contributed by atoms with Crippen molar-refractivity contribution in [2.24, 2.45) is 0 Å². The highest BCUT2D eigenvalue weighted by molar-refractivity contribution is 9.11. The largest absolute Gasteiger partial charge is 0.376 e. The standard InChI is InChI=1S/C38H55BrN2O4S2/c1-5-9-13-15-18-28(44-23-11-7-3)26-40-35(30-20-17-25-46-30)33-34(38(40)43)36(31-21-22-32(39)47-31)41(37(33)42)27-29(45-24-12-8-4)19-16-14-10-6-2/h17,20-22,25,28-29H,5-16,18-19,23-24,26-27H2,1-4H3. The van der Waals surface area contributed by atoms with E-state index in [0.29, 0.717) is 37.4 Å². The number of fused-ring (bicyclic) bond motifs is 1. The highest BCUT2D eigenvalue weighted by Gasteiger charge is 2.50. The van der Waals surface area contributed by atoms with Crippen LogP contribution in [0.15, 0.2) is 44.6 Å². The number of halogens is 1. The van der Waals surface area contributed by atoms with Crippen molar-refractivity contribution >= 4 is 61.8 Å². The van der Waals surface area contributed by atoms with Gasteiger partial charge in [-0.2, -0.15) is 0 Å². The Hall–Kier alpha value is -1.78. The molecular weight excluding hydrogens is 692 g/mol. The van der Waals surface area contributed by atoms with E-state index in [0.717, 1.165) is 89.1 Å². The molecule has 0 spiro atoms. The van der Waals surface area contributed by atoms with Crippen LogP contribution < -0.4 is 0 Å². The molecule has 0 saturated heterocycles. The monoisotopic (exact) mass is 746 g/mol. The molecule has 0 radical (unpaired) electrons. The quantitative estimate of drug-likeness (QED) is 0.100. The smallest absolute Gasteiger partial charge is 0.261 e. The van der Waals surface area contributed by atoms with Crippen molar-refractivity contribution in [1.82, 2.24) is 9.80 Å². The Morgan fingerprint density at radius 1 is 0.660 bits per heavy atom. The summed E-state index contributed by atoms with van der Waals surface area (Å²) in [5.41, 5.74) is 2.54. The maximum Gasteiger partial charge on any atom is 0.261 e. The van der Waals surface area contributed by atoms with E-state index >= 15 is 0 Å². The molecule has 260 valence electrons. The molecule has 4 rings (SSSR count). The van der Waals surface area contributed by atoms with Crippen LogP contribution in [0.2, 0.25) is 0 Å². The van der Waals surface area contributed by atoms with Gasteiger partial charge >= 0.3 is 0 Å². The van der Waals surface area contributed by atoms with Gasteiger partial charge in [-0.05, 0) is 65.2 Å². The van der Waals surface area contributed by atoms with Gasteiger partial charge < -0.3 is 19.3 Å². The summed E-state index contributed by atoms with van der Waals surface area (Å²) in [5, 5.41) is 2.02. The third-order valence-corrected chi connectivity index (χ3v) is 11.5. The van der Waals surface area contributed by atoms with Crippen molar-refractivity contribution in [2.45, 2.75) is 130 Å². The van der Waals surface area contributed by atoms with Crippen molar-refractivity contribution in [3.05, 3.63) is 54.3 Å². The summed E-state index contributed by atoms with van der Waals surface area (Å²) in [7, 11) is 0. The number of ether oxygens (including phenoxy) is 2. The van der Waals surface area contributed by atoms with E-state index in [1.54, 1.807) is 22.7 Å². The van der Waals surface area contributed by atoms with E-state index in [9.17, 15) is 9.59 Å². The second-order valence-corrected chi connectivity index (χ2v) is 16.2. The number of hydrogen-bond donors (Lipinski definition) is 0. The van der Waals surface area contributed by atoms with Gasteiger partial charge in [0.1, 0.15) is 0 Å². The first kappa shape index (κ1) is 38.0. The van der Waals surface area contributed by atoms with Gasteiger partial charge in [-0.25, -0.2) is 0 Å². The maximum atomic E-state index is 14.7. The average molecular weight is 748 g/mol. The lowest BCUT2D eigenvalue weighted by Gasteiger charge is -2.29. The molecule has 0 bridgehead atoms. The molecule has 0 aliphatic carbocycles. The number of amides is 2. The predicted molar refractivity (Wildman–Crippen MR) is 200 cm³/mol. The van der Waals surface area contributed by atoms with Gasteiger partial charge in [0.25, 0.3) is 11.8 Å². The van der Waals surface area contributed by atoms with E-state index in [4.69, 9.17) is 9.47 Å². The second kappa shape index (κ2) is 20.0. The SMILES string of the molecule is CCCCCCC(CN1C(=O)C2=C(c3ccc(Br)s3)N(CC(CCCCCC)OCCCC)C(=O)C2=C1c1cccs1)OCCCC. The molecule has 0 N–H and O–H groups in total. The van der Waals surface area contributed by atoms with E-state index in [1.165, 1.54) is 25.7 Å². The van der Waals surface area contributed by atoms with Gasteiger partial charge in [-0.1, -0.05) is 98.0 Å². The summed E-state index contributed by atoms with van der Waals surface area (Å²) in [6.07, 6.45) is 15.0. The van der Waals surface area contributed by atoms with Crippen molar-refractivity contribution in [2.75, 3.05) is 26.3 Å². The molecule has 9 heteroatoms. The summed E-state index contributed by atoms with van der Waals surface area (Å²) >= 11 is 6.79. The molecule has 0 saturated carbocycles. The summed E-state index contributed by atoms with van der Waals surface area (Å²) in [6.45, 7) is 11.0. The molecule has 0 fully saturated rings. The van der Waals surface area contributed by atoms with Crippen LogP contribution >= 0.6 is 38.6 Å². The Morgan fingerprint density at radius 3 is 1.60 bits per heavy atom. The zero-order chi connectivity index (χ0) is 33.6. The Labute approximate surface area is 299 Å². The van der Waals surface area contributed by atoms with Crippen LogP contribution in [0, 0.1) is 0 Å². The summed E-state index contributed by atoms with van der Waals surface area (Å²) in [5.74, 6) is -0.189. The molecule has 2 aliphatic heterocycles. The highest BCUT2D eigenvalue weighted by atomic mass is 79.9. The average Bonchev–Trinajstić information content (AvgIpc) is 3.85. The molecule has 6 nitrogen and oxygen atoms in total. The normalized spacial score (nSPS) is 16.3. The van der Waals surface area contributed by atoms with Crippen LogP contribution in [0.4, 0.5) is 0 Å². The topological polar surface area (TPSA) is 59.1 Å². The molecule has 2 aliphatic rings. The maximum absolute atomic E-state index is 14.7. The lowest BCUT2D eigenvalue weighted by Crippen LogP contribution is -2.38. The van der Waals surface area contributed by atoms with Crippen LogP contribution in [0.5, 0.6) is 0 Å². The van der Waals surface area contributed by atoms with E-state index in [2.05, 4.69) is 43.6 Å². The number of nitrogens with zero attached hydrogens (tertiary/aromatic N) is 2. The third kappa shape index (κ3) is 10.1. The molecule has 2 atom stereocenters. The van der Waals surface area contributed by atoms with Crippen molar-refractivity contribution < 1.29 is 19.1 Å². The van der Waals surface area contributed by atoms with Crippen LogP contribution in [0.3, 0.4) is 0 Å². The number of unbranched alkanes of at least 4 members (excludes halogenated alkanes) is 8. The van der Waals surface area contributed by atoms with Gasteiger partial charge in [-0.3, -0.25) is 9.59 Å². The number of thiophene rings is 2. The fourth-order valence-electron chi connectivity index (χ4n) is 6.36. The van der Waals surface area contributed by atoms with E-state index < -0.39 is 0 Å².